The summed E-state index contributed by atoms with van der Waals surface area (Å²) >= 11 is 0. The van der Waals surface area contributed by atoms with Crippen LogP contribution in [0.2, 0.25) is 0 Å². The first-order chi connectivity index (χ1) is 12.7. The zero-order chi connectivity index (χ0) is 18.4. The minimum atomic E-state index is -0.313. The molecule has 0 aliphatic carbocycles. The summed E-state index contributed by atoms with van der Waals surface area (Å²) in [7, 11) is 0. The van der Waals surface area contributed by atoms with Gasteiger partial charge in [0, 0.05) is 12.2 Å². The molecule has 1 aliphatic heterocycles. The normalized spacial score (nSPS) is 19.4. The van der Waals surface area contributed by atoms with Crippen LogP contribution in [0.15, 0.2) is 48.5 Å². The summed E-state index contributed by atoms with van der Waals surface area (Å²) in [6, 6.07) is 15.6. The van der Waals surface area contributed by atoms with E-state index in [-0.39, 0.29) is 24.7 Å². The Labute approximate surface area is 152 Å². The molecule has 0 aromatic heterocycles. The number of carbonyl (C=O) groups is 1. The lowest BCUT2D eigenvalue weighted by atomic mass is 10.0. The minimum absolute atomic E-state index is 0.0206. The van der Waals surface area contributed by atoms with Crippen LogP contribution < -0.4 is 10.1 Å². The third-order valence-corrected chi connectivity index (χ3v) is 4.27. The summed E-state index contributed by atoms with van der Waals surface area (Å²) in [6.07, 6.45) is 0.329. The number of nitriles is 1. The van der Waals surface area contributed by atoms with Crippen molar-refractivity contribution in [2.45, 2.75) is 25.2 Å². The Hall–Kier alpha value is -2.88. The summed E-state index contributed by atoms with van der Waals surface area (Å²) < 4.78 is 11.5. The largest absolute Gasteiger partial charge is 0.486 e. The Balaban J connectivity index is 1.68. The fraction of sp³-hybridized carbons (Fsp3) is 0.300. The monoisotopic (exact) mass is 352 g/mol. The Kier molecular flexibility index (Phi) is 5.84. The number of amides is 1. The van der Waals surface area contributed by atoms with E-state index < -0.39 is 0 Å². The molecular formula is C20H20N2O4. The molecule has 1 aliphatic rings. The molecule has 0 saturated carbocycles. The Morgan fingerprint density at radius 3 is 2.85 bits per heavy atom. The van der Waals surface area contributed by atoms with Gasteiger partial charge in [-0.15, -0.1) is 0 Å². The number of hydrogen-bond donors (Lipinski definition) is 2. The van der Waals surface area contributed by atoms with E-state index in [9.17, 15) is 4.79 Å². The average molecular weight is 352 g/mol. The van der Waals surface area contributed by atoms with Gasteiger partial charge in [0.15, 0.2) is 0 Å². The second kappa shape index (κ2) is 8.48. The average Bonchev–Trinajstić information content (AvgIpc) is 2.70. The maximum Gasteiger partial charge on any atom is 0.251 e. The van der Waals surface area contributed by atoms with Crippen LogP contribution in [0.5, 0.6) is 5.75 Å². The first kappa shape index (κ1) is 17.9. The molecule has 1 heterocycles. The molecule has 2 N–H and O–H groups in total. The zero-order valence-electron chi connectivity index (χ0n) is 14.2. The van der Waals surface area contributed by atoms with Gasteiger partial charge in [-0.2, -0.15) is 5.26 Å². The third-order valence-electron chi connectivity index (χ3n) is 4.27. The molecule has 0 radical (unpaired) electrons. The predicted octanol–water partition coefficient (Wildman–Crippen LogP) is 2.02. The van der Waals surface area contributed by atoms with E-state index in [4.69, 9.17) is 19.8 Å². The number of carbonyl (C=O) groups excluding carboxylic acids is 1. The van der Waals surface area contributed by atoms with Crippen molar-refractivity contribution in [1.29, 1.82) is 5.26 Å². The smallest absolute Gasteiger partial charge is 0.251 e. The van der Waals surface area contributed by atoms with Crippen LogP contribution in [0.25, 0.3) is 0 Å². The van der Waals surface area contributed by atoms with Crippen LogP contribution in [0.3, 0.4) is 0 Å². The van der Waals surface area contributed by atoms with Gasteiger partial charge < -0.3 is 19.9 Å². The van der Waals surface area contributed by atoms with Gasteiger partial charge in [-0.25, -0.2) is 0 Å². The number of aliphatic hydroxyl groups is 1. The maximum atomic E-state index is 12.5. The van der Waals surface area contributed by atoms with Crippen LogP contribution >= 0.6 is 0 Å². The van der Waals surface area contributed by atoms with Crippen molar-refractivity contribution in [2.75, 3.05) is 13.2 Å². The molecule has 2 atom stereocenters. The number of rotatable bonds is 5. The first-order valence-corrected chi connectivity index (χ1v) is 8.45. The molecule has 2 aromatic carbocycles. The fourth-order valence-corrected chi connectivity index (χ4v) is 2.82. The molecule has 3 rings (SSSR count). The van der Waals surface area contributed by atoms with Gasteiger partial charge in [0.1, 0.15) is 11.9 Å². The SMILES string of the molecule is N#Cc1cccc(C(=O)N[C@@H]2CCOC[C@H]2Oc2ccc(CO)cc2)c1. The van der Waals surface area contributed by atoms with Crippen LogP contribution in [0.1, 0.15) is 27.9 Å². The van der Waals surface area contributed by atoms with E-state index >= 15 is 0 Å². The summed E-state index contributed by atoms with van der Waals surface area (Å²) in [4.78, 5) is 12.5. The highest BCUT2D eigenvalue weighted by Crippen LogP contribution is 2.19. The van der Waals surface area contributed by atoms with Gasteiger partial charge in [-0.05, 0) is 42.3 Å². The second-order valence-corrected chi connectivity index (χ2v) is 6.09. The summed E-state index contributed by atoms with van der Waals surface area (Å²) in [6.45, 7) is 0.907. The summed E-state index contributed by atoms with van der Waals surface area (Å²) in [5.41, 5.74) is 1.70. The molecule has 6 nitrogen and oxygen atoms in total. The molecule has 0 bridgehead atoms. The van der Waals surface area contributed by atoms with E-state index in [0.717, 1.165) is 5.56 Å². The molecule has 134 valence electrons. The van der Waals surface area contributed by atoms with Crippen molar-refractivity contribution in [1.82, 2.24) is 5.32 Å². The van der Waals surface area contributed by atoms with Crippen LogP contribution in [-0.4, -0.2) is 36.4 Å². The van der Waals surface area contributed by atoms with Gasteiger partial charge in [-0.1, -0.05) is 18.2 Å². The molecule has 2 aromatic rings. The van der Waals surface area contributed by atoms with Crippen molar-refractivity contribution in [2.24, 2.45) is 0 Å². The number of hydrogen-bond acceptors (Lipinski definition) is 5. The Morgan fingerprint density at radius 1 is 1.31 bits per heavy atom. The summed E-state index contributed by atoms with van der Waals surface area (Å²) in [5.74, 6) is 0.418. The number of nitrogens with zero attached hydrogens (tertiary/aromatic N) is 1. The van der Waals surface area contributed by atoms with Gasteiger partial charge in [-0.3, -0.25) is 4.79 Å². The molecule has 0 unspecified atom stereocenters. The van der Waals surface area contributed by atoms with Crippen molar-refractivity contribution in [3.8, 4) is 11.8 Å². The van der Waals surface area contributed by atoms with Gasteiger partial charge >= 0.3 is 0 Å². The van der Waals surface area contributed by atoms with E-state index in [1.165, 1.54) is 0 Å². The van der Waals surface area contributed by atoms with Crippen molar-refractivity contribution in [3.63, 3.8) is 0 Å². The Morgan fingerprint density at radius 2 is 2.12 bits per heavy atom. The first-order valence-electron chi connectivity index (χ1n) is 8.45. The second-order valence-electron chi connectivity index (χ2n) is 6.09. The number of ether oxygens (including phenoxy) is 2. The van der Waals surface area contributed by atoms with Crippen molar-refractivity contribution >= 4 is 5.91 Å². The van der Waals surface area contributed by atoms with E-state index in [1.54, 1.807) is 48.5 Å². The quantitative estimate of drug-likeness (QED) is 0.859. The van der Waals surface area contributed by atoms with Crippen LogP contribution in [0.4, 0.5) is 0 Å². The Bertz CT molecular complexity index is 798. The molecule has 26 heavy (non-hydrogen) atoms. The minimum Gasteiger partial charge on any atom is -0.486 e. The maximum absolute atomic E-state index is 12.5. The van der Waals surface area contributed by atoms with Crippen molar-refractivity contribution in [3.05, 3.63) is 65.2 Å². The lowest BCUT2D eigenvalue weighted by Gasteiger charge is -2.32. The highest BCUT2D eigenvalue weighted by molar-refractivity contribution is 5.94. The van der Waals surface area contributed by atoms with E-state index in [1.807, 2.05) is 6.07 Å². The van der Waals surface area contributed by atoms with E-state index in [2.05, 4.69) is 5.32 Å². The highest BCUT2D eigenvalue weighted by Gasteiger charge is 2.29. The third kappa shape index (κ3) is 4.39. The number of aliphatic hydroxyl groups excluding tert-OH is 1. The molecule has 1 fully saturated rings. The van der Waals surface area contributed by atoms with Crippen LogP contribution in [0, 0.1) is 11.3 Å². The fourth-order valence-electron chi connectivity index (χ4n) is 2.82. The highest BCUT2D eigenvalue weighted by atomic mass is 16.5. The molecule has 0 spiro atoms. The molecule has 6 heteroatoms. The molecule has 1 amide bonds. The topological polar surface area (TPSA) is 91.6 Å². The number of nitrogens with one attached hydrogen (secondary N) is 1. The van der Waals surface area contributed by atoms with Gasteiger partial charge in [0.25, 0.3) is 5.91 Å². The van der Waals surface area contributed by atoms with Gasteiger partial charge in [0.05, 0.1) is 30.9 Å². The number of benzene rings is 2. The lowest BCUT2D eigenvalue weighted by molar-refractivity contribution is -0.0135. The van der Waals surface area contributed by atoms with Crippen LogP contribution in [-0.2, 0) is 11.3 Å². The molecular weight excluding hydrogens is 332 g/mol. The lowest BCUT2D eigenvalue weighted by Crippen LogP contribution is -2.51. The molecule has 1 saturated heterocycles. The standard InChI is InChI=1S/C20H20N2O4/c21-11-15-2-1-3-16(10-15)20(24)22-18-8-9-25-13-19(18)26-17-6-4-14(12-23)5-7-17/h1-7,10,18-19,23H,8-9,12-13H2,(H,22,24)/t18-,19-/m1/s1. The van der Waals surface area contributed by atoms with E-state index in [0.29, 0.717) is 36.5 Å². The summed E-state index contributed by atoms with van der Waals surface area (Å²) in [5, 5.41) is 21.1. The van der Waals surface area contributed by atoms with Gasteiger partial charge in [0.2, 0.25) is 0 Å². The zero-order valence-corrected chi connectivity index (χ0v) is 14.2. The van der Waals surface area contributed by atoms with Crippen molar-refractivity contribution < 1.29 is 19.4 Å². The predicted molar refractivity (Wildman–Crippen MR) is 94.6 cm³/mol.